The number of hydrogen-bond donors (Lipinski definition) is 1. The molecule has 0 aliphatic carbocycles. The molecule has 2 unspecified atom stereocenters. The molecule has 2 aromatic rings. The van der Waals surface area contributed by atoms with Gasteiger partial charge in [0.1, 0.15) is 12.9 Å². The van der Waals surface area contributed by atoms with Crippen molar-refractivity contribution in [2.45, 2.75) is 57.2 Å². The summed E-state index contributed by atoms with van der Waals surface area (Å²) in [5, 5.41) is 21.8. The van der Waals surface area contributed by atoms with Crippen molar-refractivity contribution in [3.05, 3.63) is 35.6 Å². The molecule has 3 atom stereocenters. The van der Waals surface area contributed by atoms with Crippen molar-refractivity contribution in [1.82, 2.24) is 40.0 Å². The molecule has 2 bridgehead atoms. The van der Waals surface area contributed by atoms with E-state index < -0.39 is 6.10 Å². The number of carbonyl (C=O) groups is 2. The second-order valence-electron chi connectivity index (χ2n) is 9.71. The summed E-state index contributed by atoms with van der Waals surface area (Å²) >= 11 is 0. The summed E-state index contributed by atoms with van der Waals surface area (Å²) < 4.78 is 6.49. The topological polar surface area (TPSA) is 139 Å². The Balaban J connectivity index is 1.14. The van der Waals surface area contributed by atoms with E-state index in [0.717, 1.165) is 37.8 Å². The van der Waals surface area contributed by atoms with Gasteiger partial charge in [-0.3, -0.25) is 9.69 Å². The number of amides is 1. The van der Waals surface area contributed by atoms with Crippen LogP contribution >= 0.6 is 0 Å². The Morgan fingerprint density at radius 2 is 1.94 bits per heavy atom. The third kappa shape index (κ3) is 3.31. The van der Waals surface area contributed by atoms with Crippen LogP contribution in [0.15, 0.2) is 30.0 Å². The number of hydrogen-bond acceptors (Lipinski definition) is 10. The quantitative estimate of drug-likeness (QED) is 0.606. The van der Waals surface area contributed by atoms with E-state index >= 15 is 0 Å². The number of rotatable bonds is 5. The van der Waals surface area contributed by atoms with Crippen molar-refractivity contribution in [1.29, 1.82) is 0 Å². The number of cyclic esters (lactones) is 1. The molecule has 0 radical (unpaired) electrons. The molecular weight excluding hydrogens is 440 g/mol. The first-order valence-electron chi connectivity index (χ1n) is 11.6. The highest BCUT2D eigenvalue weighted by atomic mass is 16.5. The van der Waals surface area contributed by atoms with Gasteiger partial charge in [0, 0.05) is 43.1 Å². The molecule has 0 saturated carbocycles. The Bertz CT molecular complexity index is 1130. The summed E-state index contributed by atoms with van der Waals surface area (Å²) in [6.07, 6.45) is 8.27. The standard InChI is InChI=1S/C22H26N8O4/c1-13-17(11-34-19(13)32)28-5-4-22(20(28)33)6-15-2-3-16(7-22)29(15)10-18(31)14-8-23-21(24-9-14)30-12-25-26-27-30/h8-9,12,15-16,18,31H,2-7,10-11H2,1H3/t15?,16?,18-,22?/m0/s1. The number of piperidine rings is 1. The number of aromatic nitrogens is 6. The highest BCUT2D eigenvalue weighted by Gasteiger charge is 2.56. The van der Waals surface area contributed by atoms with E-state index in [0.29, 0.717) is 30.2 Å². The average Bonchev–Trinajstić information content (AvgIpc) is 3.60. The van der Waals surface area contributed by atoms with Crippen LogP contribution < -0.4 is 0 Å². The summed E-state index contributed by atoms with van der Waals surface area (Å²) in [5.41, 5.74) is 1.51. The molecule has 1 N–H and O–H groups in total. The van der Waals surface area contributed by atoms with Gasteiger partial charge < -0.3 is 14.7 Å². The van der Waals surface area contributed by atoms with Gasteiger partial charge in [-0.05, 0) is 49.5 Å². The van der Waals surface area contributed by atoms with Gasteiger partial charge in [-0.25, -0.2) is 14.8 Å². The lowest BCUT2D eigenvalue weighted by Crippen LogP contribution is -2.51. The van der Waals surface area contributed by atoms with Gasteiger partial charge in [-0.15, -0.1) is 5.10 Å². The van der Waals surface area contributed by atoms with Gasteiger partial charge in [0.15, 0.2) is 0 Å². The predicted molar refractivity (Wildman–Crippen MR) is 115 cm³/mol. The summed E-state index contributed by atoms with van der Waals surface area (Å²) in [6, 6.07) is 0.491. The molecule has 3 saturated heterocycles. The number of likely N-dealkylation sites (tertiary alicyclic amines) is 1. The van der Waals surface area contributed by atoms with Gasteiger partial charge in [-0.2, -0.15) is 4.68 Å². The molecule has 6 heterocycles. The maximum Gasteiger partial charge on any atom is 0.336 e. The van der Waals surface area contributed by atoms with Gasteiger partial charge in [0.2, 0.25) is 5.91 Å². The smallest absolute Gasteiger partial charge is 0.336 e. The third-order valence-corrected chi connectivity index (χ3v) is 7.92. The van der Waals surface area contributed by atoms with E-state index in [2.05, 4.69) is 30.4 Å². The van der Waals surface area contributed by atoms with Crippen LogP contribution in [0.3, 0.4) is 0 Å². The number of aliphatic hydroxyl groups excluding tert-OH is 1. The monoisotopic (exact) mass is 466 g/mol. The zero-order valence-corrected chi connectivity index (χ0v) is 18.9. The normalized spacial score (nSPS) is 30.0. The summed E-state index contributed by atoms with van der Waals surface area (Å²) in [5.74, 6) is 0.136. The number of esters is 1. The zero-order valence-electron chi connectivity index (χ0n) is 18.9. The second-order valence-corrected chi connectivity index (χ2v) is 9.71. The van der Waals surface area contributed by atoms with Gasteiger partial charge >= 0.3 is 5.97 Å². The van der Waals surface area contributed by atoms with Crippen LogP contribution in [0.4, 0.5) is 0 Å². The largest absolute Gasteiger partial charge is 0.456 e. The maximum atomic E-state index is 13.5. The Kier molecular flexibility index (Phi) is 4.96. The molecule has 3 fully saturated rings. The lowest BCUT2D eigenvalue weighted by atomic mass is 9.73. The fourth-order valence-corrected chi connectivity index (χ4v) is 6.12. The average molecular weight is 467 g/mol. The highest BCUT2D eigenvalue weighted by molar-refractivity contribution is 5.94. The van der Waals surface area contributed by atoms with E-state index in [1.165, 1.54) is 11.0 Å². The molecule has 12 heteroatoms. The van der Waals surface area contributed by atoms with Crippen LogP contribution in [0.25, 0.3) is 5.95 Å². The molecule has 34 heavy (non-hydrogen) atoms. The van der Waals surface area contributed by atoms with E-state index in [4.69, 9.17) is 4.74 Å². The molecule has 6 rings (SSSR count). The van der Waals surface area contributed by atoms with E-state index in [9.17, 15) is 14.7 Å². The van der Waals surface area contributed by atoms with E-state index in [1.54, 1.807) is 24.2 Å². The lowest BCUT2D eigenvalue weighted by Gasteiger charge is -2.44. The maximum absolute atomic E-state index is 13.5. The van der Waals surface area contributed by atoms with Crippen LogP contribution in [0.5, 0.6) is 0 Å². The second kappa shape index (κ2) is 7.91. The number of ether oxygens (including phenoxy) is 1. The van der Waals surface area contributed by atoms with Crippen molar-refractivity contribution in [2.75, 3.05) is 19.7 Å². The molecule has 4 aliphatic rings. The Hall–Kier alpha value is -3.25. The molecule has 0 aromatic carbocycles. The SMILES string of the molecule is CC1=C(N2CCC3(CC4CCC(C3)N4C[C@H](O)c3cnc(-n4cnnn4)nc3)C2=O)COC1=O. The van der Waals surface area contributed by atoms with Crippen molar-refractivity contribution >= 4 is 11.9 Å². The van der Waals surface area contributed by atoms with Crippen molar-refractivity contribution in [2.24, 2.45) is 5.41 Å². The van der Waals surface area contributed by atoms with Crippen molar-refractivity contribution in [3.8, 4) is 5.95 Å². The number of fused-ring (bicyclic) bond motifs is 2. The van der Waals surface area contributed by atoms with E-state index in [-0.39, 0.29) is 36.0 Å². The van der Waals surface area contributed by atoms with Gasteiger partial charge in [-0.1, -0.05) is 0 Å². The van der Waals surface area contributed by atoms with Crippen LogP contribution in [-0.2, 0) is 14.3 Å². The van der Waals surface area contributed by atoms with Crippen LogP contribution in [0.2, 0.25) is 0 Å². The summed E-state index contributed by atoms with van der Waals surface area (Å²) in [4.78, 5) is 38.0. The molecule has 12 nitrogen and oxygen atoms in total. The number of nitrogens with zero attached hydrogens (tertiary/aromatic N) is 8. The van der Waals surface area contributed by atoms with E-state index in [1.807, 2.05) is 0 Å². The molecular formula is C22H26N8O4. The fraction of sp³-hybridized carbons (Fsp3) is 0.591. The first kappa shape index (κ1) is 21.3. The van der Waals surface area contributed by atoms with Crippen LogP contribution in [-0.4, -0.2) is 88.7 Å². The Morgan fingerprint density at radius 1 is 1.21 bits per heavy atom. The highest BCUT2D eigenvalue weighted by Crippen LogP contribution is 2.52. The van der Waals surface area contributed by atoms with Crippen LogP contribution in [0.1, 0.15) is 50.7 Å². The van der Waals surface area contributed by atoms with Gasteiger partial charge in [0.05, 0.1) is 22.8 Å². The minimum atomic E-state index is -0.731. The molecule has 1 amide bonds. The number of tetrazole rings is 1. The molecule has 178 valence electrons. The zero-order chi connectivity index (χ0) is 23.4. The Morgan fingerprint density at radius 3 is 2.56 bits per heavy atom. The van der Waals surface area contributed by atoms with Crippen LogP contribution in [0, 0.1) is 5.41 Å². The third-order valence-electron chi connectivity index (χ3n) is 7.92. The number of aliphatic hydroxyl groups is 1. The number of carbonyl (C=O) groups excluding carboxylic acids is 2. The summed E-state index contributed by atoms with van der Waals surface area (Å²) in [6.45, 7) is 3.03. The first-order chi connectivity index (χ1) is 16.4. The molecule has 1 spiro atoms. The minimum absolute atomic E-state index is 0.129. The predicted octanol–water partition coefficient (Wildman–Crippen LogP) is 0.162. The fourth-order valence-electron chi connectivity index (χ4n) is 6.12. The van der Waals surface area contributed by atoms with Crippen molar-refractivity contribution in [3.63, 3.8) is 0 Å². The minimum Gasteiger partial charge on any atom is -0.456 e. The summed E-state index contributed by atoms with van der Waals surface area (Å²) in [7, 11) is 0. The lowest BCUT2D eigenvalue weighted by molar-refractivity contribution is -0.140. The Labute approximate surface area is 195 Å². The molecule has 4 aliphatic heterocycles. The molecule has 2 aromatic heterocycles. The first-order valence-corrected chi connectivity index (χ1v) is 11.6. The van der Waals surface area contributed by atoms with Gasteiger partial charge in [0.25, 0.3) is 5.95 Å². The van der Waals surface area contributed by atoms with Crippen molar-refractivity contribution < 1.29 is 19.4 Å².